The van der Waals surface area contributed by atoms with Gasteiger partial charge in [0.1, 0.15) is 0 Å². The van der Waals surface area contributed by atoms with Crippen molar-refractivity contribution in [2.24, 2.45) is 0 Å². The largest absolute Gasteiger partial charge is 0.385 e. The van der Waals surface area contributed by atoms with E-state index in [9.17, 15) is 4.79 Å². The third-order valence-electron chi connectivity index (χ3n) is 1.85. The van der Waals surface area contributed by atoms with Crippen molar-refractivity contribution in [1.29, 1.82) is 0 Å². The lowest BCUT2D eigenvalue weighted by atomic mass is 10.3. The topological polar surface area (TPSA) is 44.1 Å². The zero-order valence-electron chi connectivity index (χ0n) is 7.77. The molecule has 4 heteroatoms. The van der Waals surface area contributed by atoms with Crippen molar-refractivity contribution in [2.45, 2.75) is 19.4 Å². The molecule has 0 aromatic carbocycles. The fraction of sp³-hybridized carbons (Fsp3) is 0.556. The quantitative estimate of drug-likeness (QED) is 0.489. The summed E-state index contributed by atoms with van der Waals surface area (Å²) in [5, 5.41) is 0. The Kier molecular flexibility index (Phi) is 4.18. The summed E-state index contributed by atoms with van der Waals surface area (Å²) in [5.41, 5.74) is 0. The highest BCUT2D eigenvalue weighted by atomic mass is 16.5. The van der Waals surface area contributed by atoms with Gasteiger partial charge in [0, 0.05) is 32.7 Å². The molecular weight excluding hydrogens is 168 g/mol. The van der Waals surface area contributed by atoms with E-state index in [0.717, 1.165) is 32.3 Å². The molecule has 0 unspecified atom stereocenters. The Labute approximate surface area is 77.5 Å². The van der Waals surface area contributed by atoms with E-state index in [1.807, 2.05) is 10.8 Å². The summed E-state index contributed by atoms with van der Waals surface area (Å²) in [5.74, 6) is 0.498. The van der Waals surface area contributed by atoms with Gasteiger partial charge in [-0.3, -0.25) is 4.79 Å². The average molecular weight is 182 g/mol. The molecule has 4 nitrogen and oxygen atoms in total. The van der Waals surface area contributed by atoms with Crippen molar-refractivity contribution in [1.82, 2.24) is 9.55 Å². The van der Waals surface area contributed by atoms with E-state index >= 15 is 0 Å². The smallest absolute Gasteiger partial charge is 0.185 e. The van der Waals surface area contributed by atoms with Crippen LogP contribution in [0.4, 0.5) is 0 Å². The summed E-state index contributed by atoms with van der Waals surface area (Å²) in [4.78, 5) is 14.4. The van der Waals surface area contributed by atoms with E-state index in [1.54, 1.807) is 13.3 Å². The summed E-state index contributed by atoms with van der Waals surface area (Å²) >= 11 is 0. The Morgan fingerprint density at radius 1 is 1.62 bits per heavy atom. The van der Waals surface area contributed by atoms with Gasteiger partial charge in [0.25, 0.3) is 0 Å². The van der Waals surface area contributed by atoms with Gasteiger partial charge < -0.3 is 9.30 Å². The predicted molar refractivity (Wildman–Crippen MR) is 48.7 cm³/mol. The number of unbranched alkanes of at least 4 members (excludes halogenated alkanes) is 1. The monoisotopic (exact) mass is 182 g/mol. The molecule has 0 N–H and O–H groups in total. The Hall–Kier alpha value is -1.16. The maximum absolute atomic E-state index is 10.5. The molecule has 0 spiro atoms. The first-order chi connectivity index (χ1) is 6.38. The second-order valence-electron chi connectivity index (χ2n) is 2.80. The summed E-state index contributed by atoms with van der Waals surface area (Å²) in [6, 6.07) is 0. The van der Waals surface area contributed by atoms with Crippen LogP contribution in [0.2, 0.25) is 0 Å². The summed E-state index contributed by atoms with van der Waals surface area (Å²) < 4.78 is 6.77. The van der Waals surface area contributed by atoms with Crippen LogP contribution < -0.4 is 0 Å². The van der Waals surface area contributed by atoms with E-state index in [0.29, 0.717) is 5.82 Å². The number of aromatic nitrogens is 2. The van der Waals surface area contributed by atoms with Gasteiger partial charge in [-0.1, -0.05) is 0 Å². The van der Waals surface area contributed by atoms with Crippen molar-refractivity contribution in [3.05, 3.63) is 18.2 Å². The molecule has 1 heterocycles. The molecular formula is C9H14N2O2. The van der Waals surface area contributed by atoms with E-state index < -0.39 is 0 Å². The third-order valence-corrected chi connectivity index (χ3v) is 1.85. The van der Waals surface area contributed by atoms with Crippen LogP contribution in [0.25, 0.3) is 0 Å². The standard InChI is InChI=1S/C9H14N2O2/c1-13-7-3-2-5-11-6-4-10-9(11)8-12/h4,6,8H,2-3,5,7H2,1H3. The number of carbonyl (C=O) groups is 1. The van der Waals surface area contributed by atoms with E-state index in [4.69, 9.17) is 4.74 Å². The van der Waals surface area contributed by atoms with Crippen LogP contribution in [0.5, 0.6) is 0 Å². The fourth-order valence-electron chi connectivity index (χ4n) is 1.16. The minimum absolute atomic E-state index is 0.498. The molecule has 0 aliphatic carbocycles. The lowest BCUT2D eigenvalue weighted by Gasteiger charge is -2.02. The molecule has 0 aliphatic heterocycles. The molecule has 72 valence electrons. The number of carbonyl (C=O) groups excluding carboxylic acids is 1. The second kappa shape index (κ2) is 5.48. The van der Waals surface area contributed by atoms with Gasteiger partial charge in [0.15, 0.2) is 12.1 Å². The number of hydrogen-bond acceptors (Lipinski definition) is 3. The van der Waals surface area contributed by atoms with Gasteiger partial charge in [-0.25, -0.2) is 4.98 Å². The van der Waals surface area contributed by atoms with Gasteiger partial charge in [-0.15, -0.1) is 0 Å². The van der Waals surface area contributed by atoms with Crippen molar-refractivity contribution < 1.29 is 9.53 Å². The lowest BCUT2D eigenvalue weighted by molar-refractivity contribution is 0.111. The minimum atomic E-state index is 0.498. The number of nitrogens with zero attached hydrogens (tertiary/aromatic N) is 2. The first-order valence-electron chi connectivity index (χ1n) is 4.33. The van der Waals surface area contributed by atoms with Crippen molar-refractivity contribution in [2.75, 3.05) is 13.7 Å². The highest BCUT2D eigenvalue weighted by Gasteiger charge is 1.99. The van der Waals surface area contributed by atoms with Crippen LogP contribution >= 0.6 is 0 Å². The molecule has 0 fully saturated rings. The van der Waals surface area contributed by atoms with Crippen LogP contribution in [-0.2, 0) is 11.3 Å². The maximum atomic E-state index is 10.5. The number of imidazole rings is 1. The maximum Gasteiger partial charge on any atom is 0.185 e. The molecule has 1 rings (SSSR count). The van der Waals surface area contributed by atoms with Gasteiger partial charge >= 0.3 is 0 Å². The van der Waals surface area contributed by atoms with Gasteiger partial charge in [-0.05, 0) is 12.8 Å². The molecule has 1 aromatic rings. The fourth-order valence-corrected chi connectivity index (χ4v) is 1.16. The number of rotatable bonds is 6. The molecule has 0 saturated carbocycles. The molecule has 0 amide bonds. The van der Waals surface area contributed by atoms with Crippen LogP contribution in [-0.4, -0.2) is 29.6 Å². The van der Waals surface area contributed by atoms with Crippen LogP contribution in [0.1, 0.15) is 23.5 Å². The molecule has 0 saturated heterocycles. The first kappa shape index (κ1) is 9.92. The van der Waals surface area contributed by atoms with Gasteiger partial charge in [0.05, 0.1) is 0 Å². The SMILES string of the molecule is COCCCCn1ccnc1C=O. The average Bonchev–Trinajstić information content (AvgIpc) is 2.60. The summed E-state index contributed by atoms with van der Waals surface area (Å²) in [7, 11) is 1.69. The van der Waals surface area contributed by atoms with Gasteiger partial charge in [-0.2, -0.15) is 0 Å². The molecule has 0 bridgehead atoms. The Bertz CT molecular complexity index is 258. The number of hydrogen-bond donors (Lipinski definition) is 0. The zero-order chi connectivity index (χ0) is 9.52. The van der Waals surface area contributed by atoms with Crippen molar-refractivity contribution in [3.8, 4) is 0 Å². The first-order valence-corrected chi connectivity index (χ1v) is 4.33. The van der Waals surface area contributed by atoms with Crippen LogP contribution in [0.15, 0.2) is 12.4 Å². The Morgan fingerprint density at radius 2 is 2.46 bits per heavy atom. The number of ether oxygens (including phenoxy) is 1. The van der Waals surface area contributed by atoms with E-state index in [2.05, 4.69) is 4.98 Å². The summed E-state index contributed by atoms with van der Waals surface area (Å²) in [6.07, 6.45) is 6.24. The molecule has 13 heavy (non-hydrogen) atoms. The van der Waals surface area contributed by atoms with Crippen LogP contribution in [0, 0.1) is 0 Å². The third kappa shape index (κ3) is 2.99. The molecule has 0 radical (unpaired) electrons. The Balaban J connectivity index is 2.31. The Morgan fingerprint density at radius 3 is 3.15 bits per heavy atom. The number of methoxy groups -OCH3 is 1. The van der Waals surface area contributed by atoms with E-state index in [1.165, 1.54) is 0 Å². The molecule has 1 aromatic heterocycles. The molecule has 0 aliphatic rings. The second-order valence-corrected chi connectivity index (χ2v) is 2.80. The highest BCUT2D eigenvalue weighted by Crippen LogP contribution is 1.99. The lowest BCUT2D eigenvalue weighted by Crippen LogP contribution is -2.03. The van der Waals surface area contributed by atoms with Crippen molar-refractivity contribution in [3.63, 3.8) is 0 Å². The summed E-state index contributed by atoms with van der Waals surface area (Å²) in [6.45, 7) is 1.60. The van der Waals surface area contributed by atoms with Gasteiger partial charge in [0.2, 0.25) is 0 Å². The zero-order valence-corrected chi connectivity index (χ0v) is 7.77. The molecule has 0 atom stereocenters. The van der Waals surface area contributed by atoms with E-state index in [-0.39, 0.29) is 0 Å². The highest BCUT2D eigenvalue weighted by molar-refractivity contribution is 5.69. The van der Waals surface area contributed by atoms with Crippen LogP contribution in [0.3, 0.4) is 0 Å². The number of aldehydes is 1. The number of aryl methyl sites for hydroxylation is 1. The normalized spacial score (nSPS) is 10.2. The minimum Gasteiger partial charge on any atom is -0.385 e. The van der Waals surface area contributed by atoms with Crippen molar-refractivity contribution >= 4 is 6.29 Å². The predicted octanol–water partition coefficient (Wildman–Crippen LogP) is 1.12.